The van der Waals surface area contributed by atoms with Gasteiger partial charge in [0.1, 0.15) is 34.4 Å². The van der Waals surface area contributed by atoms with Crippen LogP contribution in [0.4, 0.5) is 5.82 Å². The maximum absolute atomic E-state index is 13.1. The second-order valence-corrected chi connectivity index (χ2v) is 7.83. The first-order valence-electron chi connectivity index (χ1n) is 8.53. The number of ether oxygens (including phenoxy) is 2. The number of nitrogens with zero attached hydrogens (tertiary/aromatic N) is 5. The number of hydrogen-bond donors (Lipinski definition) is 5. The lowest BCUT2D eigenvalue weighted by atomic mass is 10.2. The van der Waals surface area contributed by atoms with Crippen molar-refractivity contribution in [2.45, 2.75) is 19.7 Å². The summed E-state index contributed by atoms with van der Waals surface area (Å²) in [4.78, 5) is 26.7. The fourth-order valence-electron chi connectivity index (χ4n) is 2.63. The number of nitrogens with one attached hydrogen (secondary N) is 1. The van der Waals surface area contributed by atoms with Crippen molar-refractivity contribution in [3.63, 3.8) is 0 Å². The van der Waals surface area contributed by atoms with E-state index in [9.17, 15) is 4.79 Å². The number of aromatic nitrogens is 5. The van der Waals surface area contributed by atoms with Crippen molar-refractivity contribution in [1.82, 2.24) is 24.6 Å². The molecule has 9 nitrogen and oxygen atoms in total. The monoisotopic (exact) mass is 490 g/mol. The molecule has 0 atom stereocenters. The maximum atomic E-state index is 13.1. The molecule has 0 aliphatic heterocycles. The molecule has 0 fully saturated rings. The number of hydrogen-bond acceptors (Lipinski definition) is 11. The third-order valence-corrected chi connectivity index (χ3v) is 6.26. The smallest absolute Gasteiger partial charge is 0.260 e. The fraction of sp³-hybridized carbons (Fsp3) is 0.0556. The van der Waals surface area contributed by atoms with E-state index in [1.807, 2.05) is 0 Å². The summed E-state index contributed by atoms with van der Waals surface area (Å²) in [7, 11) is 1.53. The molecule has 158 valence electrons. The zero-order valence-electron chi connectivity index (χ0n) is 15.7. The van der Waals surface area contributed by atoms with Gasteiger partial charge in [-0.15, -0.1) is 50.5 Å². The molecule has 0 radical (unpaired) electrons. The number of pyridine rings is 3. The van der Waals surface area contributed by atoms with E-state index in [1.165, 1.54) is 30.2 Å². The van der Waals surface area contributed by atoms with E-state index < -0.39 is 5.91 Å². The third kappa shape index (κ3) is 4.39. The molecule has 0 spiro atoms. The van der Waals surface area contributed by atoms with Gasteiger partial charge in [-0.1, -0.05) is 0 Å². The standard InChI is InChI=1S/C18H14N6O3S4/c1-26-8-2-9(5-19-4-8)27-10-3-11(16-20-7-21-24(16)6-10)17(25)22-15-13(29)12(28)14(30)18(31)23-15/h2-7,29-30H,1H3,(H3,22,23,25,28,31). The number of carbonyl (C=O) groups is 1. The number of fused-ring (bicyclic) bond motifs is 1. The van der Waals surface area contributed by atoms with E-state index in [4.69, 9.17) is 9.47 Å². The molecule has 4 rings (SSSR count). The highest BCUT2D eigenvalue weighted by molar-refractivity contribution is 7.86. The van der Waals surface area contributed by atoms with Crippen molar-refractivity contribution in [3.8, 4) is 17.2 Å². The Balaban J connectivity index is 1.70. The summed E-state index contributed by atoms with van der Waals surface area (Å²) in [6.45, 7) is 0. The second kappa shape index (κ2) is 8.86. The second-order valence-electron chi connectivity index (χ2n) is 6.06. The SMILES string of the molecule is COc1cncc(Oc2cc(C(=O)Nc3nc(S)c(S)c(S)c3S)c3ncnn3c2)c1. The normalized spacial score (nSPS) is 10.9. The predicted molar refractivity (Wildman–Crippen MR) is 125 cm³/mol. The van der Waals surface area contributed by atoms with Gasteiger partial charge in [-0.25, -0.2) is 14.5 Å². The number of thiol groups is 4. The molecule has 0 unspecified atom stereocenters. The molecular formula is C18H14N6O3S4. The highest BCUT2D eigenvalue weighted by Crippen LogP contribution is 2.34. The maximum Gasteiger partial charge on any atom is 0.260 e. The van der Waals surface area contributed by atoms with Crippen LogP contribution in [0.15, 0.2) is 56.8 Å². The predicted octanol–water partition coefficient (Wildman–Crippen LogP) is 3.73. The van der Waals surface area contributed by atoms with Crippen LogP contribution in [0, 0.1) is 0 Å². The number of methoxy groups -OCH3 is 1. The molecule has 4 aromatic heterocycles. The van der Waals surface area contributed by atoms with Crippen molar-refractivity contribution in [2.24, 2.45) is 0 Å². The molecule has 4 heterocycles. The highest BCUT2D eigenvalue weighted by Gasteiger charge is 2.19. The van der Waals surface area contributed by atoms with Crippen molar-refractivity contribution >= 4 is 67.9 Å². The number of carbonyl (C=O) groups excluding carboxylic acids is 1. The molecule has 0 aromatic carbocycles. The summed E-state index contributed by atoms with van der Waals surface area (Å²) in [5.74, 6) is 0.980. The van der Waals surface area contributed by atoms with E-state index in [-0.39, 0.29) is 11.4 Å². The van der Waals surface area contributed by atoms with Crippen LogP contribution >= 0.6 is 50.5 Å². The molecule has 0 bridgehead atoms. The number of amides is 1. The first-order chi connectivity index (χ1) is 14.9. The van der Waals surface area contributed by atoms with Crippen LogP contribution in [0.2, 0.25) is 0 Å². The van der Waals surface area contributed by atoms with Gasteiger partial charge < -0.3 is 14.8 Å². The molecular weight excluding hydrogens is 477 g/mol. The Bertz CT molecular complexity index is 1310. The molecule has 0 saturated heterocycles. The molecule has 1 amide bonds. The molecule has 0 aliphatic rings. The minimum absolute atomic E-state index is 0.183. The average Bonchev–Trinajstić information content (AvgIpc) is 3.24. The van der Waals surface area contributed by atoms with Gasteiger partial charge in [0, 0.05) is 11.0 Å². The van der Waals surface area contributed by atoms with E-state index in [2.05, 4.69) is 75.9 Å². The van der Waals surface area contributed by atoms with Gasteiger partial charge in [0.15, 0.2) is 5.65 Å². The Kier molecular flexibility index (Phi) is 6.18. The van der Waals surface area contributed by atoms with Gasteiger partial charge in [0.2, 0.25) is 0 Å². The third-order valence-electron chi connectivity index (χ3n) is 4.09. The summed E-state index contributed by atoms with van der Waals surface area (Å²) in [5, 5.41) is 7.10. The molecule has 0 aliphatic carbocycles. The summed E-state index contributed by atoms with van der Waals surface area (Å²) in [6.07, 6.45) is 6.00. The molecule has 1 N–H and O–H groups in total. The van der Waals surface area contributed by atoms with Gasteiger partial charge in [-0.2, -0.15) is 5.10 Å². The van der Waals surface area contributed by atoms with Crippen LogP contribution in [0.1, 0.15) is 10.4 Å². The quantitative estimate of drug-likeness (QED) is 0.272. The fourth-order valence-corrected chi connectivity index (χ4v) is 3.61. The molecule has 31 heavy (non-hydrogen) atoms. The zero-order valence-corrected chi connectivity index (χ0v) is 19.3. The first kappa shape index (κ1) is 21.6. The van der Waals surface area contributed by atoms with Crippen molar-refractivity contribution in [2.75, 3.05) is 12.4 Å². The van der Waals surface area contributed by atoms with Crippen LogP contribution in [0.5, 0.6) is 17.2 Å². The van der Waals surface area contributed by atoms with E-state index in [1.54, 1.807) is 18.5 Å². The Morgan fingerprint density at radius 3 is 2.58 bits per heavy atom. The Hall–Kier alpha value is -2.61. The van der Waals surface area contributed by atoms with Crippen LogP contribution in [-0.4, -0.2) is 37.6 Å². The topological polar surface area (TPSA) is 104 Å². The van der Waals surface area contributed by atoms with Gasteiger partial charge in [0.05, 0.1) is 41.1 Å². The van der Waals surface area contributed by atoms with Gasteiger partial charge in [0.25, 0.3) is 5.91 Å². The molecule has 0 saturated carbocycles. The lowest BCUT2D eigenvalue weighted by Crippen LogP contribution is -2.16. The summed E-state index contributed by atoms with van der Waals surface area (Å²) in [5.41, 5.74) is 0.536. The van der Waals surface area contributed by atoms with Gasteiger partial charge in [-0.05, 0) is 6.07 Å². The van der Waals surface area contributed by atoms with E-state index in [0.29, 0.717) is 42.6 Å². The van der Waals surface area contributed by atoms with Crippen LogP contribution in [0.25, 0.3) is 5.65 Å². The van der Waals surface area contributed by atoms with Crippen LogP contribution < -0.4 is 14.8 Å². The van der Waals surface area contributed by atoms with Crippen molar-refractivity contribution in [3.05, 3.63) is 42.6 Å². The summed E-state index contributed by atoms with van der Waals surface area (Å²) < 4.78 is 12.4. The zero-order chi connectivity index (χ0) is 22.1. The highest BCUT2D eigenvalue weighted by atomic mass is 32.1. The van der Waals surface area contributed by atoms with Crippen molar-refractivity contribution in [1.29, 1.82) is 0 Å². The minimum atomic E-state index is -0.498. The largest absolute Gasteiger partial charge is 0.495 e. The average molecular weight is 491 g/mol. The number of rotatable bonds is 5. The first-order valence-corrected chi connectivity index (χ1v) is 10.3. The van der Waals surface area contributed by atoms with Crippen LogP contribution in [0.3, 0.4) is 0 Å². The summed E-state index contributed by atoms with van der Waals surface area (Å²) >= 11 is 17.2. The number of anilines is 1. The Morgan fingerprint density at radius 2 is 1.81 bits per heavy atom. The van der Waals surface area contributed by atoms with E-state index in [0.717, 1.165) is 0 Å². The Morgan fingerprint density at radius 1 is 1.03 bits per heavy atom. The lowest BCUT2D eigenvalue weighted by molar-refractivity contribution is 0.102. The lowest BCUT2D eigenvalue weighted by Gasteiger charge is -2.13. The Labute approximate surface area is 198 Å². The van der Waals surface area contributed by atoms with Crippen molar-refractivity contribution < 1.29 is 14.3 Å². The van der Waals surface area contributed by atoms with Gasteiger partial charge >= 0.3 is 0 Å². The summed E-state index contributed by atoms with van der Waals surface area (Å²) in [6, 6.07) is 3.20. The van der Waals surface area contributed by atoms with E-state index >= 15 is 0 Å². The van der Waals surface area contributed by atoms with Crippen LogP contribution in [-0.2, 0) is 0 Å². The van der Waals surface area contributed by atoms with Gasteiger partial charge in [-0.3, -0.25) is 9.78 Å². The molecule has 4 aromatic rings. The molecule has 13 heteroatoms. The minimum Gasteiger partial charge on any atom is -0.495 e.